The van der Waals surface area contributed by atoms with Gasteiger partial charge in [0.05, 0.1) is 25.4 Å². The SMILES string of the molecule is O=C(O)CCCC=CC[C@@H]1[C@@H](/C=C/C2(COc3cccc(Cl)c3)OCCO2)[C@H](O)C[C@@H]1O. The predicted octanol–water partition coefficient (Wildman–Crippen LogP) is 3.58. The van der Waals surface area contributed by atoms with Crippen LogP contribution in [0.1, 0.15) is 32.1 Å². The van der Waals surface area contributed by atoms with E-state index in [2.05, 4.69) is 0 Å². The summed E-state index contributed by atoms with van der Waals surface area (Å²) >= 11 is 6.01. The minimum atomic E-state index is -1.06. The van der Waals surface area contributed by atoms with Gasteiger partial charge in [-0.25, -0.2) is 0 Å². The van der Waals surface area contributed by atoms with Crippen LogP contribution < -0.4 is 4.74 Å². The van der Waals surface area contributed by atoms with Gasteiger partial charge in [0.1, 0.15) is 12.4 Å². The summed E-state index contributed by atoms with van der Waals surface area (Å²) in [5.41, 5.74) is 0. The third kappa shape index (κ3) is 7.05. The van der Waals surface area contributed by atoms with E-state index in [9.17, 15) is 15.0 Å². The number of aliphatic carboxylic acids is 1. The molecule has 3 N–H and O–H groups in total. The number of rotatable bonds is 11. The predicted molar refractivity (Wildman–Crippen MR) is 120 cm³/mol. The molecule has 1 saturated heterocycles. The molecule has 2 fully saturated rings. The first kappa shape index (κ1) is 24.7. The molecular weight excluding hydrogens is 436 g/mol. The highest BCUT2D eigenvalue weighted by atomic mass is 35.5. The molecule has 0 bridgehead atoms. The minimum Gasteiger partial charge on any atom is -0.488 e. The lowest BCUT2D eigenvalue weighted by Gasteiger charge is -2.26. The molecule has 0 amide bonds. The van der Waals surface area contributed by atoms with Crippen molar-refractivity contribution in [3.05, 3.63) is 53.6 Å². The second-order valence-electron chi connectivity index (χ2n) is 8.22. The summed E-state index contributed by atoms with van der Waals surface area (Å²) in [6.45, 7) is 0.993. The lowest BCUT2D eigenvalue weighted by Crippen LogP contribution is -2.35. The van der Waals surface area contributed by atoms with Crippen molar-refractivity contribution in [3.63, 3.8) is 0 Å². The molecular formula is C24H31ClO7. The van der Waals surface area contributed by atoms with E-state index in [0.29, 0.717) is 49.7 Å². The second-order valence-corrected chi connectivity index (χ2v) is 8.66. The molecule has 1 aliphatic carbocycles. The molecule has 1 aliphatic heterocycles. The zero-order chi connectivity index (χ0) is 23.0. The van der Waals surface area contributed by atoms with Gasteiger partial charge in [-0.05, 0) is 49.5 Å². The minimum absolute atomic E-state index is 0.128. The van der Waals surface area contributed by atoms with Crippen molar-refractivity contribution < 1.29 is 34.3 Å². The van der Waals surface area contributed by atoms with Gasteiger partial charge in [0, 0.05) is 23.8 Å². The maximum Gasteiger partial charge on any atom is 0.303 e. The van der Waals surface area contributed by atoms with E-state index in [0.717, 1.165) is 0 Å². The largest absolute Gasteiger partial charge is 0.488 e. The molecule has 1 heterocycles. The van der Waals surface area contributed by atoms with E-state index >= 15 is 0 Å². The van der Waals surface area contributed by atoms with Crippen LogP contribution in [-0.2, 0) is 14.3 Å². The highest BCUT2D eigenvalue weighted by molar-refractivity contribution is 6.30. The zero-order valence-electron chi connectivity index (χ0n) is 17.9. The number of benzene rings is 1. The maximum absolute atomic E-state index is 10.6. The lowest BCUT2D eigenvalue weighted by molar-refractivity contribution is -0.139. The van der Waals surface area contributed by atoms with Gasteiger partial charge in [0.2, 0.25) is 5.79 Å². The summed E-state index contributed by atoms with van der Waals surface area (Å²) in [6.07, 6.45) is 8.52. The number of carboxylic acid groups (broad SMARTS) is 1. The summed E-state index contributed by atoms with van der Waals surface area (Å²) in [4.78, 5) is 10.6. The summed E-state index contributed by atoms with van der Waals surface area (Å²) in [6, 6.07) is 7.07. The summed E-state index contributed by atoms with van der Waals surface area (Å²) < 4.78 is 17.5. The van der Waals surface area contributed by atoms with Crippen LogP contribution in [0.15, 0.2) is 48.6 Å². The third-order valence-electron chi connectivity index (χ3n) is 5.84. The Labute approximate surface area is 193 Å². The van der Waals surface area contributed by atoms with E-state index in [1.165, 1.54) is 0 Å². The molecule has 0 radical (unpaired) electrons. The highest BCUT2D eigenvalue weighted by Gasteiger charge is 2.41. The quantitative estimate of drug-likeness (QED) is 0.338. The molecule has 2 aliphatic rings. The smallest absolute Gasteiger partial charge is 0.303 e. The number of ether oxygens (including phenoxy) is 3. The van der Waals surface area contributed by atoms with E-state index in [1.807, 2.05) is 18.2 Å². The Morgan fingerprint density at radius 3 is 2.72 bits per heavy atom. The Kier molecular flexibility index (Phi) is 9.13. The molecule has 1 saturated carbocycles. The number of halogens is 1. The topological polar surface area (TPSA) is 105 Å². The van der Waals surface area contributed by atoms with E-state index in [-0.39, 0.29) is 24.9 Å². The van der Waals surface area contributed by atoms with Crippen LogP contribution in [-0.4, -0.2) is 59.1 Å². The molecule has 0 aromatic heterocycles. The Morgan fingerprint density at radius 2 is 2.00 bits per heavy atom. The van der Waals surface area contributed by atoms with Gasteiger partial charge in [-0.3, -0.25) is 4.79 Å². The van der Waals surface area contributed by atoms with Gasteiger partial charge in [0.15, 0.2) is 0 Å². The maximum atomic E-state index is 10.6. The van der Waals surface area contributed by atoms with Crippen molar-refractivity contribution in [2.24, 2.45) is 11.8 Å². The number of carboxylic acids is 1. The first-order valence-corrected chi connectivity index (χ1v) is 11.3. The molecule has 4 atom stereocenters. The van der Waals surface area contributed by atoms with Crippen LogP contribution in [0.5, 0.6) is 5.75 Å². The molecule has 7 nitrogen and oxygen atoms in total. The van der Waals surface area contributed by atoms with Crippen LogP contribution in [0.2, 0.25) is 5.02 Å². The van der Waals surface area contributed by atoms with Crippen LogP contribution in [0.4, 0.5) is 0 Å². The van der Waals surface area contributed by atoms with Crippen molar-refractivity contribution in [1.82, 2.24) is 0 Å². The molecule has 32 heavy (non-hydrogen) atoms. The van der Waals surface area contributed by atoms with Crippen molar-refractivity contribution in [2.45, 2.75) is 50.1 Å². The highest BCUT2D eigenvalue weighted by Crippen LogP contribution is 2.37. The van der Waals surface area contributed by atoms with Gasteiger partial charge in [0.25, 0.3) is 0 Å². The number of allylic oxidation sites excluding steroid dienone is 2. The van der Waals surface area contributed by atoms with Gasteiger partial charge in [-0.1, -0.05) is 35.9 Å². The molecule has 1 aromatic rings. The number of hydrogen-bond acceptors (Lipinski definition) is 6. The van der Waals surface area contributed by atoms with Gasteiger partial charge >= 0.3 is 5.97 Å². The number of unbranched alkanes of at least 4 members (excludes halogenated alkanes) is 1. The van der Waals surface area contributed by atoms with E-state index in [1.54, 1.807) is 30.3 Å². The number of aliphatic hydroxyl groups excluding tert-OH is 2. The molecule has 176 valence electrons. The standard InChI is InChI=1S/C24H31ClO7/c25-17-6-5-7-18(14-17)30-16-24(31-12-13-32-24)11-10-20-19(21(26)15-22(20)27)8-3-1-2-4-9-23(28)29/h1,3,5-7,10-11,14,19-22,26-27H,2,4,8-9,12-13,15-16H2,(H,28,29)/b3-1?,11-10+/t19-,20-,21+,22-/m1/s1. The second kappa shape index (κ2) is 11.8. The van der Waals surface area contributed by atoms with Crippen molar-refractivity contribution >= 4 is 17.6 Å². The summed E-state index contributed by atoms with van der Waals surface area (Å²) in [5, 5.41) is 30.2. The van der Waals surface area contributed by atoms with Crippen LogP contribution in [0.3, 0.4) is 0 Å². The Bertz CT molecular complexity index is 803. The van der Waals surface area contributed by atoms with Crippen LogP contribution in [0, 0.1) is 11.8 Å². The normalized spacial score (nSPS) is 27.5. The Balaban J connectivity index is 1.61. The Hall–Kier alpha value is -1.90. The van der Waals surface area contributed by atoms with Crippen molar-refractivity contribution in [1.29, 1.82) is 0 Å². The average molecular weight is 467 g/mol. The Morgan fingerprint density at radius 1 is 1.22 bits per heavy atom. The fraction of sp³-hybridized carbons (Fsp3) is 0.542. The van der Waals surface area contributed by atoms with Gasteiger partial charge < -0.3 is 29.5 Å². The molecule has 3 rings (SSSR count). The van der Waals surface area contributed by atoms with Gasteiger partial charge in [-0.2, -0.15) is 0 Å². The summed E-state index contributed by atoms with van der Waals surface area (Å²) in [7, 11) is 0. The first-order chi connectivity index (χ1) is 15.4. The third-order valence-corrected chi connectivity index (χ3v) is 6.07. The van der Waals surface area contributed by atoms with E-state index in [4.69, 9.17) is 30.9 Å². The monoisotopic (exact) mass is 466 g/mol. The number of hydrogen-bond donors (Lipinski definition) is 3. The molecule has 0 unspecified atom stereocenters. The van der Waals surface area contributed by atoms with Gasteiger partial charge in [-0.15, -0.1) is 0 Å². The first-order valence-electron chi connectivity index (χ1n) is 11.0. The zero-order valence-corrected chi connectivity index (χ0v) is 18.7. The number of carbonyl (C=O) groups is 1. The summed E-state index contributed by atoms with van der Waals surface area (Å²) in [5.74, 6) is -1.67. The van der Waals surface area contributed by atoms with Crippen molar-refractivity contribution in [2.75, 3.05) is 19.8 Å². The molecule has 1 aromatic carbocycles. The fourth-order valence-corrected chi connectivity index (χ4v) is 4.33. The van der Waals surface area contributed by atoms with Crippen LogP contribution in [0.25, 0.3) is 0 Å². The van der Waals surface area contributed by atoms with E-state index < -0.39 is 24.0 Å². The average Bonchev–Trinajstić information content (AvgIpc) is 3.32. The van der Waals surface area contributed by atoms with Crippen molar-refractivity contribution in [3.8, 4) is 5.75 Å². The lowest BCUT2D eigenvalue weighted by atomic mass is 9.89. The fourth-order valence-electron chi connectivity index (χ4n) is 4.15. The van der Waals surface area contributed by atoms with Crippen LogP contribution >= 0.6 is 11.6 Å². The molecule has 8 heteroatoms. The molecule has 0 spiro atoms. The number of aliphatic hydroxyl groups is 2.